The monoisotopic (exact) mass is 220 g/mol. The number of hydrogen-bond donors (Lipinski definition) is 0. The van der Waals surface area contributed by atoms with E-state index in [-0.39, 0.29) is 0 Å². The van der Waals surface area contributed by atoms with Crippen molar-refractivity contribution in [3.63, 3.8) is 0 Å². The first-order valence-electron chi connectivity index (χ1n) is 4.31. The van der Waals surface area contributed by atoms with E-state index in [9.17, 15) is 13.2 Å². The van der Waals surface area contributed by atoms with Crippen molar-refractivity contribution in [1.82, 2.24) is 0 Å². The minimum Gasteiger partial charge on any atom is -0.468 e. The molecule has 0 aliphatic heterocycles. The minimum atomic E-state index is -4.31. The third kappa shape index (κ3) is 5.27. The maximum absolute atomic E-state index is 11.7. The summed E-state index contributed by atoms with van der Waals surface area (Å²) in [6.45, 7) is 0.214. The lowest BCUT2D eigenvalue weighted by atomic mass is 10.2. The maximum atomic E-state index is 11.7. The molecule has 0 aromatic heterocycles. The van der Waals surface area contributed by atoms with Crippen LogP contribution in [0, 0.1) is 6.92 Å². The molecule has 1 aromatic carbocycles. The lowest BCUT2D eigenvalue weighted by molar-refractivity contribution is -0.186. The molecular weight excluding hydrogens is 209 g/mol. The van der Waals surface area contributed by atoms with E-state index in [1.807, 2.05) is 6.92 Å². The highest BCUT2D eigenvalue weighted by Gasteiger charge is 2.27. The van der Waals surface area contributed by atoms with Crippen molar-refractivity contribution in [3.8, 4) is 5.75 Å². The fourth-order valence-electron chi connectivity index (χ4n) is 0.902. The van der Waals surface area contributed by atoms with Crippen LogP contribution >= 0.6 is 0 Å². The molecule has 15 heavy (non-hydrogen) atoms. The summed E-state index contributed by atoms with van der Waals surface area (Å²) in [5.41, 5.74) is 1.05. The van der Waals surface area contributed by atoms with Crippen molar-refractivity contribution < 1.29 is 22.6 Å². The highest BCUT2D eigenvalue weighted by Crippen LogP contribution is 2.15. The Morgan fingerprint density at radius 3 is 2.27 bits per heavy atom. The van der Waals surface area contributed by atoms with E-state index in [1.165, 1.54) is 0 Å². The number of rotatable bonds is 4. The van der Waals surface area contributed by atoms with Gasteiger partial charge in [0.1, 0.15) is 12.4 Å². The Bertz CT molecular complexity index is 293. The number of halogens is 3. The molecule has 0 aliphatic rings. The van der Waals surface area contributed by atoms with Crippen molar-refractivity contribution in [2.24, 2.45) is 0 Å². The number of benzene rings is 1. The van der Waals surface area contributed by atoms with Crippen molar-refractivity contribution in [2.75, 3.05) is 13.4 Å². The average molecular weight is 220 g/mol. The van der Waals surface area contributed by atoms with Crippen molar-refractivity contribution >= 4 is 0 Å². The summed E-state index contributed by atoms with van der Waals surface area (Å²) in [6.07, 6.45) is -4.31. The van der Waals surface area contributed by atoms with E-state index in [0.29, 0.717) is 5.75 Å². The van der Waals surface area contributed by atoms with Gasteiger partial charge in [0.05, 0.1) is 0 Å². The first-order valence-corrected chi connectivity index (χ1v) is 4.31. The summed E-state index contributed by atoms with van der Waals surface area (Å²) in [4.78, 5) is 0. The van der Waals surface area contributed by atoms with E-state index in [4.69, 9.17) is 4.74 Å². The summed E-state index contributed by atoms with van der Waals surface area (Å²) in [7, 11) is 0. The van der Waals surface area contributed by atoms with E-state index >= 15 is 0 Å². The quantitative estimate of drug-likeness (QED) is 0.573. The topological polar surface area (TPSA) is 18.5 Å². The zero-order valence-corrected chi connectivity index (χ0v) is 8.17. The number of ether oxygens (including phenoxy) is 2. The van der Waals surface area contributed by atoms with Crippen molar-refractivity contribution in [3.05, 3.63) is 29.8 Å². The van der Waals surface area contributed by atoms with Gasteiger partial charge in [0, 0.05) is 0 Å². The lowest BCUT2D eigenvalue weighted by Gasteiger charge is -2.09. The molecule has 0 N–H and O–H groups in total. The molecule has 1 aromatic rings. The van der Waals surface area contributed by atoms with Crippen LogP contribution in [0.3, 0.4) is 0 Å². The molecule has 0 amide bonds. The second-order valence-electron chi connectivity index (χ2n) is 3.04. The number of alkyl halides is 3. The normalized spacial score (nSPS) is 11.5. The van der Waals surface area contributed by atoms with Gasteiger partial charge in [-0.15, -0.1) is 0 Å². The van der Waals surface area contributed by atoms with Gasteiger partial charge in [0.25, 0.3) is 0 Å². The van der Waals surface area contributed by atoms with Crippen LogP contribution in [0.25, 0.3) is 0 Å². The zero-order chi connectivity index (χ0) is 11.3. The molecular formula is C10H11F3O2. The van der Waals surface area contributed by atoms with Crippen LogP contribution in [0.1, 0.15) is 5.56 Å². The number of aryl methyl sites for hydroxylation is 1. The zero-order valence-electron chi connectivity index (χ0n) is 8.17. The van der Waals surface area contributed by atoms with Gasteiger partial charge in [-0.05, 0) is 19.1 Å². The Hall–Kier alpha value is -1.23. The SMILES string of the molecule is Cc1ccc(OCOCC(F)(F)F)cc1. The third-order valence-electron chi connectivity index (χ3n) is 1.60. The molecule has 84 valence electrons. The standard InChI is InChI=1S/C10H11F3O2/c1-8-2-4-9(5-3-8)15-7-14-6-10(11,12)13/h2-5H,6-7H2,1H3. The van der Waals surface area contributed by atoms with Crippen LogP contribution in [-0.2, 0) is 4.74 Å². The molecule has 0 saturated carbocycles. The average Bonchev–Trinajstić information content (AvgIpc) is 2.14. The maximum Gasteiger partial charge on any atom is 0.411 e. The first kappa shape index (κ1) is 11.8. The van der Waals surface area contributed by atoms with Gasteiger partial charge >= 0.3 is 6.18 Å². The minimum absolute atomic E-state index is 0.400. The van der Waals surface area contributed by atoms with Crippen LogP contribution in [0.15, 0.2) is 24.3 Å². The van der Waals surface area contributed by atoms with Gasteiger partial charge in [0.15, 0.2) is 6.79 Å². The molecule has 0 atom stereocenters. The Kier molecular flexibility index (Phi) is 3.96. The van der Waals surface area contributed by atoms with E-state index in [0.717, 1.165) is 5.56 Å². The molecule has 0 saturated heterocycles. The van der Waals surface area contributed by atoms with Gasteiger partial charge < -0.3 is 9.47 Å². The molecule has 0 heterocycles. The molecule has 2 nitrogen and oxygen atoms in total. The summed E-state index contributed by atoms with van der Waals surface area (Å²) >= 11 is 0. The van der Waals surface area contributed by atoms with E-state index in [2.05, 4.69) is 4.74 Å². The van der Waals surface area contributed by atoms with Crippen molar-refractivity contribution in [2.45, 2.75) is 13.1 Å². The van der Waals surface area contributed by atoms with Gasteiger partial charge in [-0.3, -0.25) is 0 Å². The van der Waals surface area contributed by atoms with Crippen LogP contribution < -0.4 is 4.74 Å². The summed E-state index contributed by atoms with van der Waals surface area (Å²) in [5.74, 6) is 0.489. The van der Waals surface area contributed by atoms with Crippen LogP contribution in [0.4, 0.5) is 13.2 Å². The molecule has 5 heteroatoms. The van der Waals surface area contributed by atoms with Gasteiger partial charge in [0.2, 0.25) is 0 Å². The summed E-state index contributed by atoms with van der Waals surface area (Å²) < 4.78 is 44.2. The third-order valence-corrected chi connectivity index (χ3v) is 1.60. The van der Waals surface area contributed by atoms with Crippen molar-refractivity contribution in [1.29, 1.82) is 0 Å². The molecule has 0 bridgehead atoms. The second-order valence-corrected chi connectivity index (χ2v) is 3.04. The largest absolute Gasteiger partial charge is 0.468 e. The Labute approximate surface area is 85.6 Å². The second kappa shape index (κ2) is 5.02. The lowest BCUT2D eigenvalue weighted by Crippen LogP contribution is -2.19. The highest BCUT2D eigenvalue weighted by atomic mass is 19.4. The Balaban J connectivity index is 2.23. The van der Waals surface area contributed by atoms with E-state index < -0.39 is 19.6 Å². The van der Waals surface area contributed by atoms with Gasteiger partial charge in [-0.1, -0.05) is 17.7 Å². The summed E-state index contributed by atoms with van der Waals surface area (Å²) in [5, 5.41) is 0. The summed E-state index contributed by atoms with van der Waals surface area (Å²) in [6, 6.07) is 6.96. The first-order chi connectivity index (χ1) is 6.97. The van der Waals surface area contributed by atoms with E-state index in [1.54, 1.807) is 24.3 Å². The molecule has 1 rings (SSSR count). The van der Waals surface area contributed by atoms with Crippen LogP contribution in [0.2, 0.25) is 0 Å². The van der Waals surface area contributed by atoms with Gasteiger partial charge in [-0.2, -0.15) is 13.2 Å². The van der Waals surface area contributed by atoms with Crippen LogP contribution in [-0.4, -0.2) is 19.6 Å². The Morgan fingerprint density at radius 1 is 1.13 bits per heavy atom. The predicted molar refractivity (Wildman–Crippen MR) is 48.7 cm³/mol. The Morgan fingerprint density at radius 2 is 1.73 bits per heavy atom. The van der Waals surface area contributed by atoms with Gasteiger partial charge in [-0.25, -0.2) is 0 Å². The predicted octanol–water partition coefficient (Wildman–Crippen LogP) is 2.91. The number of hydrogen-bond acceptors (Lipinski definition) is 2. The highest BCUT2D eigenvalue weighted by molar-refractivity contribution is 5.26. The smallest absolute Gasteiger partial charge is 0.411 e. The van der Waals surface area contributed by atoms with Crippen LogP contribution in [0.5, 0.6) is 5.75 Å². The molecule has 0 fully saturated rings. The molecule has 0 unspecified atom stereocenters. The molecule has 0 spiro atoms. The molecule has 0 radical (unpaired) electrons. The fraction of sp³-hybridized carbons (Fsp3) is 0.400. The fourth-order valence-corrected chi connectivity index (χ4v) is 0.902. The molecule has 0 aliphatic carbocycles.